The Kier molecular flexibility index (Phi) is 4.53. The van der Waals surface area contributed by atoms with E-state index in [1.165, 1.54) is 5.56 Å². The molecule has 1 aromatic heterocycles. The molecule has 3 heteroatoms. The van der Waals surface area contributed by atoms with Crippen molar-refractivity contribution in [1.82, 2.24) is 9.55 Å². The Morgan fingerprint density at radius 1 is 1.22 bits per heavy atom. The Morgan fingerprint density at radius 2 is 2.00 bits per heavy atom. The van der Waals surface area contributed by atoms with Gasteiger partial charge in [0.25, 0.3) is 0 Å². The lowest BCUT2D eigenvalue weighted by Gasteiger charge is -2.11. The van der Waals surface area contributed by atoms with Crippen molar-refractivity contribution in [3.8, 4) is 0 Å². The molecule has 0 aliphatic carbocycles. The third-order valence-corrected chi connectivity index (χ3v) is 3.31. The van der Waals surface area contributed by atoms with E-state index in [0.29, 0.717) is 0 Å². The van der Waals surface area contributed by atoms with Crippen LogP contribution in [-0.4, -0.2) is 9.55 Å². The minimum atomic E-state index is 0.160. The van der Waals surface area contributed by atoms with Gasteiger partial charge in [-0.2, -0.15) is 0 Å². The number of unbranched alkanes of at least 4 members (excludes halogenated alkanes) is 1. The van der Waals surface area contributed by atoms with Gasteiger partial charge in [-0.05, 0) is 18.4 Å². The molecule has 18 heavy (non-hydrogen) atoms. The smallest absolute Gasteiger partial charge is 0.108 e. The monoisotopic (exact) mass is 243 g/mol. The van der Waals surface area contributed by atoms with Crippen molar-refractivity contribution >= 4 is 0 Å². The lowest BCUT2D eigenvalue weighted by molar-refractivity contribution is 0.575. The quantitative estimate of drug-likeness (QED) is 0.793. The third kappa shape index (κ3) is 3.44. The summed E-state index contributed by atoms with van der Waals surface area (Å²) < 4.78 is 2.08. The molecular weight excluding hydrogens is 222 g/mol. The summed E-state index contributed by atoms with van der Waals surface area (Å²) in [5.74, 6) is 1.16. The molecule has 1 unspecified atom stereocenters. The van der Waals surface area contributed by atoms with E-state index in [4.69, 9.17) is 5.73 Å². The Bertz CT molecular complexity index is 462. The number of hydrogen-bond acceptors (Lipinski definition) is 2. The molecule has 0 aliphatic rings. The van der Waals surface area contributed by atoms with E-state index in [0.717, 1.165) is 31.5 Å². The molecule has 0 aliphatic heterocycles. The van der Waals surface area contributed by atoms with Gasteiger partial charge in [-0.1, -0.05) is 36.8 Å². The Balaban J connectivity index is 1.71. The maximum Gasteiger partial charge on any atom is 0.108 e. The van der Waals surface area contributed by atoms with Crippen LogP contribution in [0.4, 0.5) is 0 Å². The average molecular weight is 243 g/mol. The number of nitrogens with zero attached hydrogens (tertiary/aromatic N) is 2. The van der Waals surface area contributed by atoms with Gasteiger partial charge in [0.15, 0.2) is 0 Å². The maximum absolute atomic E-state index is 6.16. The van der Waals surface area contributed by atoms with Gasteiger partial charge in [-0.15, -0.1) is 0 Å². The molecule has 96 valence electrons. The van der Waals surface area contributed by atoms with E-state index >= 15 is 0 Å². The molecule has 0 saturated heterocycles. The van der Waals surface area contributed by atoms with E-state index in [-0.39, 0.29) is 6.04 Å². The van der Waals surface area contributed by atoms with E-state index in [9.17, 15) is 0 Å². The van der Waals surface area contributed by atoms with Crippen LogP contribution in [0.15, 0.2) is 42.7 Å². The average Bonchev–Trinajstić information content (AvgIpc) is 2.81. The van der Waals surface area contributed by atoms with Crippen LogP contribution in [0.5, 0.6) is 0 Å². The molecule has 2 rings (SSSR count). The van der Waals surface area contributed by atoms with Crippen LogP contribution in [0.3, 0.4) is 0 Å². The predicted octanol–water partition coefficient (Wildman–Crippen LogP) is 2.83. The number of benzene rings is 1. The first kappa shape index (κ1) is 12.8. The Hall–Kier alpha value is -1.61. The molecule has 0 radical (unpaired) electrons. The second-order valence-electron chi connectivity index (χ2n) is 4.72. The molecule has 1 atom stereocenters. The van der Waals surface area contributed by atoms with Crippen molar-refractivity contribution in [1.29, 1.82) is 0 Å². The lowest BCUT2D eigenvalue weighted by Crippen LogP contribution is -2.10. The van der Waals surface area contributed by atoms with Gasteiger partial charge >= 0.3 is 0 Å². The molecule has 0 fully saturated rings. The van der Waals surface area contributed by atoms with Gasteiger partial charge in [-0.25, -0.2) is 4.98 Å². The van der Waals surface area contributed by atoms with Crippen LogP contribution < -0.4 is 5.73 Å². The number of rotatable bonds is 6. The molecule has 1 aromatic carbocycles. The zero-order valence-corrected chi connectivity index (χ0v) is 10.9. The fraction of sp³-hybridized carbons (Fsp3) is 0.400. The SMILES string of the molecule is Cn1ccnc1CCCCC(N)c1ccccc1. The van der Waals surface area contributed by atoms with Gasteiger partial charge in [0, 0.05) is 31.9 Å². The van der Waals surface area contributed by atoms with Crippen molar-refractivity contribution in [2.45, 2.75) is 31.7 Å². The number of imidazole rings is 1. The fourth-order valence-corrected chi connectivity index (χ4v) is 2.15. The highest BCUT2D eigenvalue weighted by molar-refractivity contribution is 5.18. The van der Waals surface area contributed by atoms with Crippen molar-refractivity contribution in [3.05, 3.63) is 54.1 Å². The van der Waals surface area contributed by atoms with Crippen molar-refractivity contribution in [2.75, 3.05) is 0 Å². The minimum Gasteiger partial charge on any atom is -0.338 e. The van der Waals surface area contributed by atoms with E-state index in [1.54, 1.807) is 0 Å². The predicted molar refractivity (Wildman–Crippen MR) is 74.1 cm³/mol. The first-order chi connectivity index (χ1) is 8.77. The summed E-state index contributed by atoms with van der Waals surface area (Å²) in [7, 11) is 2.04. The van der Waals surface area contributed by atoms with E-state index < -0.39 is 0 Å². The summed E-state index contributed by atoms with van der Waals surface area (Å²) in [6.07, 6.45) is 8.20. The Morgan fingerprint density at radius 3 is 2.67 bits per heavy atom. The van der Waals surface area contributed by atoms with Crippen LogP contribution in [0, 0.1) is 0 Å². The van der Waals surface area contributed by atoms with Gasteiger partial charge in [-0.3, -0.25) is 0 Å². The summed E-state index contributed by atoms with van der Waals surface area (Å²) in [5.41, 5.74) is 7.39. The molecule has 0 amide bonds. The summed E-state index contributed by atoms with van der Waals surface area (Å²) in [5, 5.41) is 0. The van der Waals surface area contributed by atoms with Crippen molar-refractivity contribution in [3.63, 3.8) is 0 Å². The van der Waals surface area contributed by atoms with Crippen LogP contribution in [0.2, 0.25) is 0 Å². The molecule has 3 nitrogen and oxygen atoms in total. The molecule has 1 heterocycles. The van der Waals surface area contributed by atoms with Gasteiger partial charge < -0.3 is 10.3 Å². The largest absolute Gasteiger partial charge is 0.338 e. The summed E-state index contributed by atoms with van der Waals surface area (Å²) in [6.45, 7) is 0. The van der Waals surface area contributed by atoms with Crippen molar-refractivity contribution in [2.24, 2.45) is 12.8 Å². The number of aromatic nitrogens is 2. The van der Waals surface area contributed by atoms with Crippen LogP contribution in [0.1, 0.15) is 36.7 Å². The standard InChI is InChI=1S/C15H21N3/c1-18-12-11-17-15(18)10-6-5-9-14(16)13-7-3-2-4-8-13/h2-4,7-8,11-12,14H,5-6,9-10,16H2,1H3. The zero-order chi connectivity index (χ0) is 12.8. The maximum atomic E-state index is 6.16. The molecule has 0 spiro atoms. The first-order valence-electron chi connectivity index (χ1n) is 6.54. The zero-order valence-electron chi connectivity index (χ0n) is 10.9. The highest BCUT2D eigenvalue weighted by Gasteiger charge is 2.05. The second-order valence-corrected chi connectivity index (χ2v) is 4.72. The summed E-state index contributed by atoms with van der Waals surface area (Å²) >= 11 is 0. The topological polar surface area (TPSA) is 43.8 Å². The van der Waals surface area contributed by atoms with Crippen LogP contribution in [-0.2, 0) is 13.5 Å². The van der Waals surface area contributed by atoms with Gasteiger partial charge in [0.1, 0.15) is 5.82 Å². The molecule has 0 bridgehead atoms. The Labute approximate surface area is 109 Å². The third-order valence-electron chi connectivity index (χ3n) is 3.31. The first-order valence-corrected chi connectivity index (χ1v) is 6.54. The minimum absolute atomic E-state index is 0.160. The highest BCUT2D eigenvalue weighted by atomic mass is 15.0. The number of aryl methyl sites for hydroxylation is 2. The fourth-order valence-electron chi connectivity index (χ4n) is 2.15. The number of hydrogen-bond donors (Lipinski definition) is 1. The summed E-state index contributed by atoms with van der Waals surface area (Å²) in [6, 6.07) is 10.5. The second kappa shape index (κ2) is 6.36. The van der Waals surface area contributed by atoms with E-state index in [2.05, 4.69) is 21.7 Å². The summed E-state index contributed by atoms with van der Waals surface area (Å²) in [4.78, 5) is 4.32. The lowest BCUT2D eigenvalue weighted by atomic mass is 10.0. The number of nitrogens with two attached hydrogens (primary N) is 1. The van der Waals surface area contributed by atoms with Crippen LogP contribution in [0.25, 0.3) is 0 Å². The molecule has 0 saturated carbocycles. The van der Waals surface area contributed by atoms with Crippen LogP contribution >= 0.6 is 0 Å². The van der Waals surface area contributed by atoms with E-state index in [1.807, 2.05) is 37.6 Å². The normalized spacial score (nSPS) is 12.6. The molecule has 2 aromatic rings. The van der Waals surface area contributed by atoms with Crippen molar-refractivity contribution < 1.29 is 0 Å². The highest BCUT2D eigenvalue weighted by Crippen LogP contribution is 2.16. The molecule has 2 N–H and O–H groups in total. The van der Waals surface area contributed by atoms with Gasteiger partial charge in [0.05, 0.1) is 0 Å². The molecular formula is C15H21N3. The van der Waals surface area contributed by atoms with Gasteiger partial charge in [0.2, 0.25) is 0 Å².